The molecular weight excluding hydrogens is 1200 g/mol. The molecule has 0 spiro atoms. The van der Waals surface area contributed by atoms with Crippen LogP contribution in [0.4, 0.5) is 23.5 Å². The van der Waals surface area contributed by atoms with Gasteiger partial charge >= 0.3 is 17.1 Å². The zero-order chi connectivity index (χ0) is 58.5. The summed E-state index contributed by atoms with van der Waals surface area (Å²) in [6.07, 6.45) is 0.983. The van der Waals surface area contributed by atoms with Gasteiger partial charge in [0.15, 0.2) is 0 Å². The molecule has 2 aliphatic rings. The largest absolute Gasteiger partial charge is 2.00 e. The fraction of sp³-hybridized carbons (Fsp3) is 0.135. The molecule has 0 saturated heterocycles. The van der Waals surface area contributed by atoms with E-state index in [2.05, 4.69) is 39.7 Å². The van der Waals surface area contributed by atoms with Crippen LogP contribution < -0.4 is 31.1 Å². The van der Waals surface area contributed by atoms with E-state index >= 15 is 0 Å². The van der Waals surface area contributed by atoms with E-state index in [0.29, 0.717) is 45.9 Å². The van der Waals surface area contributed by atoms with Crippen LogP contribution in [0.15, 0.2) is 136 Å². The second kappa shape index (κ2) is 25.5. The molecule has 8 N–H and O–H groups in total. The summed E-state index contributed by atoms with van der Waals surface area (Å²) in [5, 5.41) is 20.6. The van der Waals surface area contributed by atoms with Gasteiger partial charge in [0.25, 0.3) is 20.2 Å². The van der Waals surface area contributed by atoms with Crippen LogP contribution in [0, 0.1) is 0 Å². The number of hydrogen-bond donors (Lipinski definition) is 7. The molecule has 431 valence electrons. The van der Waals surface area contributed by atoms with Gasteiger partial charge in [-0.05, 0) is 45.8 Å². The average molecular weight is 1250 g/mol. The van der Waals surface area contributed by atoms with Crippen molar-refractivity contribution in [1.82, 2.24) is 59.5 Å². The van der Waals surface area contributed by atoms with Crippen LogP contribution in [0.2, 0.25) is 0 Å². The molecule has 83 heavy (non-hydrogen) atoms. The van der Waals surface area contributed by atoms with Crippen LogP contribution in [-0.2, 0) is 56.7 Å². The average Bonchev–Trinajstić information content (AvgIpc) is 3.94. The Kier molecular flexibility index (Phi) is 18.7. The van der Waals surface area contributed by atoms with Crippen LogP contribution >= 0.6 is 12.0 Å². The summed E-state index contributed by atoms with van der Waals surface area (Å²) in [5.74, 6) is 1.68. The Morgan fingerprint density at radius 2 is 0.964 bits per heavy atom. The maximum Gasteiger partial charge on any atom is 2.00 e. The van der Waals surface area contributed by atoms with Crippen molar-refractivity contribution in [3.05, 3.63) is 121 Å². The molecule has 0 saturated carbocycles. The maximum absolute atomic E-state index is 12.2. The third-order valence-electron chi connectivity index (χ3n) is 11.7. The Morgan fingerprint density at radius 3 is 1.37 bits per heavy atom. The smallest absolute Gasteiger partial charge is 0.368 e. The van der Waals surface area contributed by atoms with Gasteiger partial charge in [-0.3, -0.25) is 9.11 Å². The Morgan fingerprint density at radius 1 is 0.530 bits per heavy atom. The van der Waals surface area contributed by atoms with Gasteiger partial charge in [-0.25, -0.2) is 28.4 Å². The molecule has 12 rings (SSSR count). The van der Waals surface area contributed by atoms with Gasteiger partial charge in [0.05, 0.1) is 46.5 Å². The van der Waals surface area contributed by atoms with E-state index < -0.39 is 40.1 Å². The van der Waals surface area contributed by atoms with Gasteiger partial charge in [0.1, 0.15) is 4.90 Å². The summed E-state index contributed by atoms with van der Waals surface area (Å²) in [6, 6.07) is 35.7. The number of aromatic nitrogens is 11. The number of nitrogens with two attached hydrogens (primary N) is 1. The molecule has 6 heterocycles. The van der Waals surface area contributed by atoms with Gasteiger partial charge in [-0.2, -0.15) is 31.8 Å². The number of anilines is 4. The molecule has 0 aliphatic carbocycles. The molecule has 31 heteroatoms. The molecular formula is C52H47CuN15O11S4. The SMILES string of the molecule is CC.CC.CS(=O)(=O)NCCNc1nc(N)nc(Nc2cc(S(=O)(=O)O)c3cc(S(=O)(=O)O)cc(SOOO)c3c2)n1.[Cu+2].c1ccc2c(c1)-c1nc-2nc2[n-]c(nc3nc(nc4[n-]c(n1)c1ccccc41)-c1ccccc1-3)c1ccccc21. The van der Waals surface area contributed by atoms with E-state index in [1.165, 1.54) is 6.07 Å². The minimum absolute atomic E-state index is 0. The van der Waals surface area contributed by atoms with Crippen molar-refractivity contribution in [3.63, 3.8) is 0 Å². The first kappa shape index (κ1) is 60.9. The Bertz CT molecular complexity index is 4320. The summed E-state index contributed by atoms with van der Waals surface area (Å²) in [4.78, 5) is 49.4. The van der Waals surface area contributed by atoms with Crippen LogP contribution in [0.25, 0.3) is 100 Å². The number of hydrogen-bond acceptors (Lipinski definition) is 22. The molecule has 6 aromatic carbocycles. The number of nitrogen functional groups attached to an aromatic ring is 1. The van der Waals surface area contributed by atoms with E-state index in [-0.39, 0.29) is 81.4 Å². The zero-order valence-corrected chi connectivity index (χ0v) is 48.2. The van der Waals surface area contributed by atoms with Crippen molar-refractivity contribution >= 4 is 121 Å². The standard InChI is InChI=1S/C32H16N8.C16H19N7O11S4.2C2H6.Cu/c1-2-10-18-17(9-1)25-33-26(18)38-28-21-13-5-6-14-22(21)30(35-28)40-32-24-16-8-7-15-23(24)31(36-32)39-29-20-12-4-3-11-19(20)27(34-29)37-25;1-36(25,26)19-3-2-18-15-21-14(17)22-16(23-15)20-8-4-10-11(13(5-8)38(30,31)32)6-9(37(27,28)29)7-12(10)35-34-33-24;2*1-2;/h1-16H;4-7,19,24H,2-3H2,1H3,(H,27,28,29)(H,30,31,32)(H4,17,18,20,21,22,23);2*1-2H3;/q-2;;;;+2. The van der Waals surface area contributed by atoms with Crippen molar-refractivity contribution in [2.45, 2.75) is 42.4 Å². The summed E-state index contributed by atoms with van der Waals surface area (Å²) < 4.78 is 95.9. The second-order valence-electron chi connectivity index (χ2n) is 16.9. The summed E-state index contributed by atoms with van der Waals surface area (Å²) in [7, 11) is -13.2. The normalized spacial score (nSPS) is 11.7. The molecule has 0 atom stereocenters. The molecule has 4 aromatic heterocycles. The Hall–Kier alpha value is -8.17. The topological polar surface area (TPSA) is 388 Å². The third-order valence-corrected chi connectivity index (χ3v) is 14.8. The first-order valence-electron chi connectivity index (χ1n) is 24.6. The van der Waals surface area contributed by atoms with E-state index in [9.17, 15) is 34.4 Å². The van der Waals surface area contributed by atoms with Crippen molar-refractivity contribution < 1.29 is 66.1 Å². The van der Waals surface area contributed by atoms with Crippen LogP contribution in [0.5, 0.6) is 0 Å². The minimum Gasteiger partial charge on any atom is -0.368 e. The van der Waals surface area contributed by atoms with Crippen molar-refractivity contribution in [2.24, 2.45) is 0 Å². The number of benzene rings is 6. The maximum atomic E-state index is 12.2. The monoisotopic (exact) mass is 1250 g/mol. The minimum atomic E-state index is -4.98. The second-order valence-corrected chi connectivity index (χ2v) is 22.3. The van der Waals surface area contributed by atoms with E-state index in [1.54, 1.807) is 0 Å². The van der Waals surface area contributed by atoms with Crippen LogP contribution in [-0.4, -0.2) is 104 Å². The summed E-state index contributed by atoms with van der Waals surface area (Å²) in [6.45, 7) is 8.07. The van der Waals surface area contributed by atoms with Crippen molar-refractivity contribution in [1.29, 1.82) is 0 Å². The first-order chi connectivity index (χ1) is 39.4. The molecule has 1 radical (unpaired) electrons. The quantitative estimate of drug-likeness (QED) is 0.0151. The molecule has 0 unspecified atom stereocenters. The number of nitrogens with zero attached hydrogens (tertiary/aromatic N) is 11. The summed E-state index contributed by atoms with van der Waals surface area (Å²) in [5.41, 5.74) is 11.4. The number of nitrogens with one attached hydrogen (secondary N) is 3. The van der Waals surface area contributed by atoms with Gasteiger partial charge in [0.2, 0.25) is 27.9 Å². The van der Waals surface area contributed by atoms with Crippen LogP contribution in [0.1, 0.15) is 27.7 Å². The zero-order valence-electron chi connectivity index (χ0n) is 44.0. The van der Waals surface area contributed by atoms with E-state index in [4.69, 9.17) is 50.9 Å². The Labute approximate surface area is 488 Å². The molecule has 2 aliphatic heterocycles. The fourth-order valence-corrected chi connectivity index (χ4v) is 10.8. The van der Waals surface area contributed by atoms with Gasteiger partial charge in [-0.1, -0.05) is 130 Å². The molecule has 26 nitrogen and oxygen atoms in total. The van der Waals surface area contributed by atoms with Crippen molar-refractivity contribution in [2.75, 3.05) is 35.7 Å². The Balaban J connectivity index is 0.000000203. The van der Waals surface area contributed by atoms with Crippen molar-refractivity contribution in [3.8, 4) is 45.6 Å². The molecule has 8 bridgehead atoms. The van der Waals surface area contributed by atoms with E-state index in [0.717, 1.165) is 68.3 Å². The number of fused-ring (bicyclic) bond motifs is 21. The molecule has 0 fully saturated rings. The molecule has 10 aromatic rings. The van der Waals surface area contributed by atoms with Gasteiger partial charge in [0, 0.05) is 79.3 Å². The predicted molar refractivity (Wildman–Crippen MR) is 310 cm³/mol. The van der Waals surface area contributed by atoms with Gasteiger partial charge in [-0.15, -0.1) is 4.33 Å². The predicted octanol–water partition coefficient (Wildman–Crippen LogP) is 8.41. The number of sulfonamides is 1. The summed E-state index contributed by atoms with van der Waals surface area (Å²) >= 11 is 0.260. The van der Waals surface area contributed by atoms with E-state index in [1.807, 2.05) is 125 Å². The van der Waals surface area contributed by atoms with Crippen LogP contribution in [0.3, 0.4) is 0 Å². The first-order valence-corrected chi connectivity index (χ1v) is 30.2. The van der Waals surface area contributed by atoms with Gasteiger partial charge < -0.3 is 46.3 Å². The number of rotatable bonds is 12. The third kappa shape index (κ3) is 13.5. The fourth-order valence-electron chi connectivity index (χ4n) is 8.45. The molecule has 0 amide bonds.